The highest BCUT2D eigenvalue weighted by Crippen LogP contribution is 2.33. The molecule has 1 saturated carbocycles. The highest BCUT2D eigenvalue weighted by molar-refractivity contribution is 7.99. The van der Waals surface area contributed by atoms with E-state index in [0.717, 1.165) is 21.9 Å². The van der Waals surface area contributed by atoms with Gasteiger partial charge < -0.3 is 9.84 Å². The molecule has 23 heavy (non-hydrogen) atoms. The van der Waals surface area contributed by atoms with Gasteiger partial charge in [-0.1, -0.05) is 54.9 Å². The first-order chi connectivity index (χ1) is 11.1. The maximum absolute atomic E-state index is 12.6. The van der Waals surface area contributed by atoms with Gasteiger partial charge in [0.15, 0.2) is 0 Å². The molecule has 1 aromatic heterocycles. The molecular weight excluding hydrogens is 308 g/mol. The fourth-order valence-corrected chi connectivity index (χ4v) is 3.93. The Morgan fingerprint density at radius 1 is 1.26 bits per heavy atom. The van der Waals surface area contributed by atoms with Gasteiger partial charge >= 0.3 is 0 Å². The summed E-state index contributed by atoms with van der Waals surface area (Å²) in [7, 11) is 0. The molecule has 0 bridgehead atoms. The van der Waals surface area contributed by atoms with Crippen molar-refractivity contribution in [3.8, 4) is 0 Å². The topological polar surface area (TPSA) is 55.1 Å². The van der Waals surface area contributed by atoms with Crippen molar-refractivity contribution in [2.75, 3.05) is 0 Å². The molecule has 0 radical (unpaired) electrons. The van der Waals surface area contributed by atoms with Gasteiger partial charge in [-0.15, -0.1) is 0 Å². The summed E-state index contributed by atoms with van der Waals surface area (Å²) in [6.07, 6.45) is 4.65. The molecule has 0 spiro atoms. The van der Waals surface area contributed by atoms with Gasteiger partial charge in [0.05, 0.1) is 10.6 Å². The number of carbonyl (C=O) groups excluding carboxylic acids is 1. The Labute approximate surface area is 141 Å². The maximum Gasteiger partial charge on any atom is 0.291 e. The number of benzene rings is 1. The summed E-state index contributed by atoms with van der Waals surface area (Å²) < 4.78 is 5.32. The van der Waals surface area contributed by atoms with Crippen molar-refractivity contribution in [1.82, 2.24) is 10.5 Å². The van der Waals surface area contributed by atoms with Gasteiger partial charge in [-0.25, -0.2) is 0 Å². The first kappa shape index (κ1) is 16.1. The van der Waals surface area contributed by atoms with Crippen molar-refractivity contribution in [3.05, 3.63) is 41.8 Å². The molecular formula is C18H22N2O2S. The Morgan fingerprint density at radius 2 is 2.00 bits per heavy atom. The van der Waals surface area contributed by atoms with E-state index in [4.69, 9.17) is 4.52 Å². The summed E-state index contributed by atoms with van der Waals surface area (Å²) >= 11 is 1.52. The lowest BCUT2D eigenvalue weighted by molar-refractivity contribution is 0.0868. The predicted octanol–water partition coefficient (Wildman–Crippen LogP) is 4.44. The number of amides is 1. The summed E-state index contributed by atoms with van der Waals surface area (Å²) in [5.41, 5.74) is 0.751. The van der Waals surface area contributed by atoms with E-state index < -0.39 is 0 Å². The third kappa shape index (κ3) is 3.78. The molecule has 1 N–H and O–H groups in total. The normalized spacial score (nSPS) is 21.1. The summed E-state index contributed by atoms with van der Waals surface area (Å²) in [6, 6.07) is 10.2. The number of aryl methyl sites for hydroxylation is 1. The predicted molar refractivity (Wildman–Crippen MR) is 90.7 cm³/mol. The fraction of sp³-hybridized carbons (Fsp3) is 0.444. The zero-order chi connectivity index (χ0) is 16.2. The Bertz CT molecular complexity index is 669. The Morgan fingerprint density at radius 3 is 2.74 bits per heavy atom. The van der Waals surface area contributed by atoms with Crippen molar-refractivity contribution in [2.45, 2.75) is 55.4 Å². The van der Waals surface area contributed by atoms with Crippen LogP contribution in [0.25, 0.3) is 0 Å². The highest BCUT2D eigenvalue weighted by atomic mass is 32.2. The van der Waals surface area contributed by atoms with E-state index in [-0.39, 0.29) is 11.9 Å². The molecule has 5 heteroatoms. The smallest absolute Gasteiger partial charge is 0.291 e. The van der Waals surface area contributed by atoms with E-state index in [2.05, 4.69) is 17.4 Å². The lowest BCUT2D eigenvalue weighted by Crippen LogP contribution is -2.41. The van der Waals surface area contributed by atoms with Crippen molar-refractivity contribution < 1.29 is 9.32 Å². The van der Waals surface area contributed by atoms with Crippen LogP contribution in [0.4, 0.5) is 0 Å². The van der Waals surface area contributed by atoms with Crippen molar-refractivity contribution in [1.29, 1.82) is 0 Å². The third-order valence-electron chi connectivity index (χ3n) is 4.41. The molecule has 0 saturated heterocycles. The first-order valence-corrected chi connectivity index (χ1v) is 8.97. The van der Waals surface area contributed by atoms with Crippen LogP contribution in [-0.4, -0.2) is 17.1 Å². The van der Waals surface area contributed by atoms with Gasteiger partial charge in [-0.2, -0.15) is 0 Å². The Hall–Kier alpha value is -1.75. The van der Waals surface area contributed by atoms with Crippen molar-refractivity contribution >= 4 is 17.7 Å². The number of nitrogens with zero attached hydrogens (tertiary/aromatic N) is 1. The third-order valence-corrected chi connectivity index (χ3v) is 5.60. The van der Waals surface area contributed by atoms with E-state index in [1.807, 2.05) is 37.3 Å². The number of aromatic nitrogens is 1. The van der Waals surface area contributed by atoms with Gasteiger partial charge in [-0.3, -0.25) is 4.79 Å². The minimum atomic E-state index is -0.150. The number of hydrogen-bond acceptors (Lipinski definition) is 4. The molecule has 1 aliphatic rings. The monoisotopic (exact) mass is 330 g/mol. The van der Waals surface area contributed by atoms with Crippen LogP contribution in [0, 0.1) is 12.8 Å². The molecule has 1 amide bonds. The first-order valence-electron chi connectivity index (χ1n) is 8.15. The van der Waals surface area contributed by atoms with Crippen LogP contribution in [0.5, 0.6) is 0 Å². The standard InChI is InChI=1S/C18H22N2O2S/c1-12-8-6-7-11-15(12)19-18(21)16-17(13(2)20-22-16)23-14-9-4-3-5-10-14/h3-5,9-10,12,15H,6-8,11H2,1-2H3,(H,19,21)/t12?,15-/m0/s1. The second-order valence-corrected chi connectivity index (χ2v) is 7.27. The molecule has 1 aliphatic carbocycles. The summed E-state index contributed by atoms with van der Waals surface area (Å²) in [4.78, 5) is 14.5. The van der Waals surface area contributed by atoms with Gasteiger partial charge in [-0.05, 0) is 37.8 Å². The molecule has 4 nitrogen and oxygen atoms in total. The summed E-state index contributed by atoms with van der Waals surface area (Å²) in [5, 5.41) is 7.13. The molecule has 1 aromatic carbocycles. The number of nitrogens with one attached hydrogen (secondary N) is 1. The minimum Gasteiger partial charge on any atom is -0.350 e. The van der Waals surface area contributed by atoms with Gasteiger partial charge in [0.2, 0.25) is 5.76 Å². The summed E-state index contributed by atoms with van der Waals surface area (Å²) in [5.74, 6) is 0.693. The second kappa shape index (κ2) is 7.21. The zero-order valence-corrected chi connectivity index (χ0v) is 14.4. The number of carbonyl (C=O) groups is 1. The molecule has 2 atom stereocenters. The second-order valence-electron chi connectivity index (χ2n) is 6.18. The minimum absolute atomic E-state index is 0.150. The lowest BCUT2D eigenvalue weighted by atomic mass is 9.86. The largest absolute Gasteiger partial charge is 0.350 e. The van der Waals surface area contributed by atoms with E-state index in [1.54, 1.807) is 0 Å². The molecule has 1 fully saturated rings. The summed E-state index contributed by atoms with van der Waals surface area (Å²) in [6.45, 7) is 4.07. The average molecular weight is 330 g/mol. The zero-order valence-electron chi connectivity index (χ0n) is 13.5. The van der Waals surface area contributed by atoms with E-state index in [0.29, 0.717) is 11.7 Å². The average Bonchev–Trinajstić information content (AvgIpc) is 2.92. The van der Waals surface area contributed by atoms with Crippen molar-refractivity contribution in [3.63, 3.8) is 0 Å². The molecule has 2 aromatic rings. The van der Waals surface area contributed by atoms with Gasteiger partial charge in [0, 0.05) is 10.9 Å². The van der Waals surface area contributed by atoms with Crippen molar-refractivity contribution in [2.24, 2.45) is 5.92 Å². The Balaban J connectivity index is 1.76. The van der Waals surface area contributed by atoms with E-state index >= 15 is 0 Å². The quantitative estimate of drug-likeness (QED) is 0.900. The lowest BCUT2D eigenvalue weighted by Gasteiger charge is -2.29. The van der Waals surface area contributed by atoms with Crippen LogP contribution in [-0.2, 0) is 0 Å². The molecule has 122 valence electrons. The van der Waals surface area contributed by atoms with Gasteiger partial charge in [0.1, 0.15) is 0 Å². The van der Waals surface area contributed by atoms with E-state index in [1.165, 1.54) is 31.0 Å². The molecule has 0 aliphatic heterocycles. The Kier molecular flexibility index (Phi) is 5.06. The molecule has 1 unspecified atom stereocenters. The van der Waals surface area contributed by atoms with Gasteiger partial charge in [0.25, 0.3) is 5.91 Å². The molecule has 3 rings (SSSR count). The number of rotatable bonds is 4. The fourth-order valence-electron chi connectivity index (χ4n) is 3.00. The SMILES string of the molecule is Cc1noc(C(=O)N[C@H]2CCCCC2C)c1Sc1ccccc1. The van der Waals surface area contributed by atoms with Crippen LogP contribution in [0.1, 0.15) is 48.9 Å². The van der Waals surface area contributed by atoms with Crippen LogP contribution in [0.2, 0.25) is 0 Å². The molecule has 1 heterocycles. The maximum atomic E-state index is 12.6. The van der Waals surface area contributed by atoms with Crippen LogP contribution in [0.3, 0.4) is 0 Å². The van der Waals surface area contributed by atoms with Crippen LogP contribution >= 0.6 is 11.8 Å². The number of hydrogen-bond donors (Lipinski definition) is 1. The van der Waals surface area contributed by atoms with Crippen LogP contribution in [0.15, 0.2) is 44.6 Å². The van der Waals surface area contributed by atoms with E-state index in [9.17, 15) is 4.79 Å². The van der Waals surface area contributed by atoms with Crippen LogP contribution < -0.4 is 5.32 Å². The highest BCUT2D eigenvalue weighted by Gasteiger charge is 2.27.